The van der Waals surface area contributed by atoms with Gasteiger partial charge < -0.3 is 15.2 Å². The number of benzene rings is 1. The monoisotopic (exact) mass is 327 g/mol. The van der Waals surface area contributed by atoms with Gasteiger partial charge in [-0.15, -0.1) is 0 Å². The highest BCUT2D eigenvalue weighted by Crippen LogP contribution is 2.48. The first kappa shape index (κ1) is 15.2. The van der Waals surface area contributed by atoms with Gasteiger partial charge in [-0.05, 0) is 49.1 Å². The number of ether oxygens (including phenoxy) is 1. The molecule has 0 heterocycles. The molecule has 2 bridgehead atoms. The third kappa shape index (κ3) is 2.79. The summed E-state index contributed by atoms with van der Waals surface area (Å²) in [6.45, 7) is 0.668. The number of carbonyl (C=O) groups is 2. The molecule has 0 aromatic heterocycles. The van der Waals surface area contributed by atoms with E-state index in [1.807, 2.05) is 30.4 Å². The molecule has 1 aromatic carbocycles. The van der Waals surface area contributed by atoms with Gasteiger partial charge in [0.1, 0.15) is 5.75 Å². The Hall–Kier alpha value is -2.30. The Morgan fingerprint density at radius 3 is 2.54 bits per heavy atom. The van der Waals surface area contributed by atoms with Gasteiger partial charge in [-0.1, -0.05) is 24.3 Å². The van der Waals surface area contributed by atoms with Crippen LogP contribution < -0.4 is 10.1 Å². The number of rotatable bonds is 6. The molecule has 4 rings (SSSR count). The van der Waals surface area contributed by atoms with Gasteiger partial charge in [0.2, 0.25) is 5.91 Å². The topological polar surface area (TPSA) is 75.6 Å². The molecule has 3 aliphatic carbocycles. The zero-order valence-corrected chi connectivity index (χ0v) is 13.4. The van der Waals surface area contributed by atoms with E-state index in [1.165, 1.54) is 12.8 Å². The van der Waals surface area contributed by atoms with Crippen LogP contribution in [0.1, 0.15) is 19.3 Å². The second-order valence-corrected chi connectivity index (χ2v) is 7.08. The summed E-state index contributed by atoms with van der Waals surface area (Å²) in [6, 6.07) is 7.36. The first-order chi connectivity index (χ1) is 11.6. The van der Waals surface area contributed by atoms with E-state index < -0.39 is 17.8 Å². The number of nitrogens with one attached hydrogen (secondary N) is 1. The lowest BCUT2D eigenvalue weighted by Crippen LogP contribution is -2.36. The van der Waals surface area contributed by atoms with Crippen LogP contribution in [0.4, 0.5) is 5.69 Å². The number of carboxylic acid groups (broad SMARTS) is 1. The van der Waals surface area contributed by atoms with Crippen molar-refractivity contribution in [1.82, 2.24) is 0 Å². The van der Waals surface area contributed by atoms with E-state index in [1.54, 1.807) is 6.07 Å². The summed E-state index contributed by atoms with van der Waals surface area (Å²) in [4.78, 5) is 24.3. The zero-order valence-electron chi connectivity index (χ0n) is 13.4. The molecule has 3 aliphatic rings. The molecule has 5 nitrogen and oxygen atoms in total. The van der Waals surface area contributed by atoms with E-state index in [2.05, 4.69) is 5.32 Å². The molecule has 0 spiro atoms. The molecule has 0 aliphatic heterocycles. The van der Waals surface area contributed by atoms with Crippen LogP contribution in [-0.4, -0.2) is 23.6 Å². The Balaban J connectivity index is 1.49. The van der Waals surface area contributed by atoms with E-state index >= 15 is 0 Å². The van der Waals surface area contributed by atoms with Crippen molar-refractivity contribution in [2.45, 2.75) is 19.3 Å². The molecule has 126 valence electrons. The van der Waals surface area contributed by atoms with Crippen molar-refractivity contribution in [2.75, 3.05) is 11.9 Å². The molecule has 4 atom stereocenters. The van der Waals surface area contributed by atoms with Crippen LogP contribution in [-0.2, 0) is 9.59 Å². The smallest absolute Gasteiger partial charge is 0.307 e. The standard InChI is InChI=1S/C19H21NO4/c21-18(16-12-7-8-13(9-12)17(16)19(22)23)20-14-3-1-2-4-15(14)24-10-11-5-6-11/h1-4,7-8,11-13,16-17H,5-6,9-10H2,(H,20,21)(H,22,23). The van der Waals surface area contributed by atoms with E-state index in [-0.39, 0.29) is 17.7 Å². The largest absolute Gasteiger partial charge is 0.491 e. The lowest BCUT2D eigenvalue weighted by molar-refractivity contribution is -0.146. The van der Waals surface area contributed by atoms with Gasteiger partial charge in [0.05, 0.1) is 24.1 Å². The summed E-state index contributed by atoms with van der Waals surface area (Å²) in [5, 5.41) is 12.4. The maximum atomic E-state index is 12.8. The van der Waals surface area contributed by atoms with Crippen molar-refractivity contribution in [2.24, 2.45) is 29.6 Å². The molecule has 0 saturated heterocycles. The Morgan fingerprint density at radius 2 is 1.83 bits per heavy atom. The summed E-state index contributed by atoms with van der Waals surface area (Å²) >= 11 is 0. The molecule has 2 fully saturated rings. The van der Waals surface area contributed by atoms with Crippen LogP contribution in [0.3, 0.4) is 0 Å². The number of hydrogen-bond donors (Lipinski definition) is 2. The van der Waals surface area contributed by atoms with Crippen LogP contribution in [0.25, 0.3) is 0 Å². The van der Waals surface area contributed by atoms with Gasteiger partial charge in [-0.3, -0.25) is 9.59 Å². The number of fused-ring (bicyclic) bond motifs is 2. The maximum absolute atomic E-state index is 12.8. The molecule has 1 amide bonds. The van der Waals surface area contributed by atoms with Gasteiger partial charge in [0.15, 0.2) is 0 Å². The molecule has 1 aromatic rings. The van der Waals surface area contributed by atoms with Crippen LogP contribution in [0.15, 0.2) is 36.4 Å². The number of carbonyl (C=O) groups excluding carboxylic acids is 1. The number of allylic oxidation sites excluding steroid dienone is 2. The van der Waals surface area contributed by atoms with Gasteiger partial charge in [-0.25, -0.2) is 0 Å². The Labute approximate surface area is 140 Å². The van der Waals surface area contributed by atoms with Crippen LogP contribution >= 0.6 is 0 Å². The van der Waals surface area contributed by atoms with Gasteiger partial charge >= 0.3 is 5.97 Å². The average molecular weight is 327 g/mol. The highest BCUT2D eigenvalue weighted by molar-refractivity contribution is 5.97. The molecule has 2 N–H and O–H groups in total. The molecular formula is C19H21NO4. The van der Waals surface area contributed by atoms with E-state index in [0.29, 0.717) is 24.0 Å². The average Bonchev–Trinajstić information content (AvgIpc) is 3.17. The number of hydrogen-bond acceptors (Lipinski definition) is 3. The maximum Gasteiger partial charge on any atom is 0.307 e. The van der Waals surface area contributed by atoms with Crippen LogP contribution in [0, 0.1) is 29.6 Å². The second-order valence-electron chi connectivity index (χ2n) is 7.08. The summed E-state index contributed by atoms with van der Waals surface area (Å²) < 4.78 is 5.82. The summed E-state index contributed by atoms with van der Waals surface area (Å²) in [5.41, 5.74) is 0.624. The zero-order chi connectivity index (χ0) is 16.7. The third-order valence-electron chi connectivity index (χ3n) is 5.36. The van der Waals surface area contributed by atoms with Crippen molar-refractivity contribution in [3.8, 4) is 5.75 Å². The Bertz CT molecular complexity index is 694. The molecule has 5 heteroatoms. The number of aliphatic carboxylic acids is 1. The Kier molecular flexibility index (Phi) is 3.79. The SMILES string of the molecule is O=C(O)C1C2C=CC(C2)C1C(=O)Nc1ccccc1OCC1CC1. The third-order valence-corrected chi connectivity index (χ3v) is 5.36. The van der Waals surface area contributed by atoms with Crippen molar-refractivity contribution in [1.29, 1.82) is 0 Å². The minimum atomic E-state index is -0.884. The summed E-state index contributed by atoms with van der Waals surface area (Å²) in [7, 11) is 0. The number of para-hydroxylation sites is 2. The molecular weight excluding hydrogens is 306 g/mol. The van der Waals surface area contributed by atoms with Crippen molar-refractivity contribution >= 4 is 17.6 Å². The summed E-state index contributed by atoms with van der Waals surface area (Å²) in [6.07, 6.45) is 7.09. The normalized spacial score (nSPS) is 30.3. The minimum Gasteiger partial charge on any atom is -0.491 e. The predicted octanol–water partition coefficient (Wildman–Crippen LogP) is 2.94. The molecule has 4 unspecified atom stereocenters. The highest BCUT2D eigenvalue weighted by Gasteiger charge is 2.51. The first-order valence-electron chi connectivity index (χ1n) is 8.57. The fourth-order valence-corrected chi connectivity index (χ4v) is 3.92. The fourth-order valence-electron chi connectivity index (χ4n) is 3.92. The number of carboxylic acids is 1. The van der Waals surface area contributed by atoms with Gasteiger partial charge in [-0.2, -0.15) is 0 Å². The quantitative estimate of drug-likeness (QED) is 0.788. The molecule has 0 radical (unpaired) electrons. The molecule has 2 saturated carbocycles. The number of anilines is 1. The Morgan fingerprint density at radius 1 is 1.12 bits per heavy atom. The van der Waals surface area contributed by atoms with Crippen molar-refractivity contribution < 1.29 is 19.4 Å². The van der Waals surface area contributed by atoms with E-state index in [0.717, 1.165) is 6.42 Å². The lowest BCUT2D eigenvalue weighted by atomic mass is 9.82. The van der Waals surface area contributed by atoms with Crippen LogP contribution in [0.2, 0.25) is 0 Å². The first-order valence-corrected chi connectivity index (χ1v) is 8.57. The minimum absolute atomic E-state index is 0.0235. The van der Waals surface area contributed by atoms with Gasteiger partial charge in [0, 0.05) is 0 Å². The van der Waals surface area contributed by atoms with E-state index in [9.17, 15) is 14.7 Å². The van der Waals surface area contributed by atoms with Crippen LogP contribution in [0.5, 0.6) is 5.75 Å². The lowest BCUT2D eigenvalue weighted by Gasteiger charge is -2.24. The van der Waals surface area contributed by atoms with E-state index in [4.69, 9.17) is 4.74 Å². The van der Waals surface area contributed by atoms with Gasteiger partial charge in [0.25, 0.3) is 0 Å². The van der Waals surface area contributed by atoms with Crippen molar-refractivity contribution in [3.05, 3.63) is 36.4 Å². The van der Waals surface area contributed by atoms with Crippen molar-refractivity contribution in [3.63, 3.8) is 0 Å². The fraction of sp³-hybridized carbons (Fsp3) is 0.474. The number of amides is 1. The molecule has 24 heavy (non-hydrogen) atoms. The second kappa shape index (κ2) is 5.96. The summed E-state index contributed by atoms with van der Waals surface area (Å²) in [5.74, 6) is -0.954. The highest BCUT2D eigenvalue weighted by atomic mass is 16.5. The predicted molar refractivity (Wildman–Crippen MR) is 88.6 cm³/mol.